The highest BCUT2D eigenvalue weighted by Crippen LogP contribution is 2.33. The van der Waals surface area contributed by atoms with Crippen LogP contribution in [0.4, 0.5) is 11.4 Å². The lowest BCUT2D eigenvalue weighted by molar-refractivity contribution is -0.168. The molecule has 2 N–H and O–H groups in total. The largest absolute Gasteiger partial charge is 0.433 e. The fourth-order valence-electron chi connectivity index (χ4n) is 5.07. The first kappa shape index (κ1) is 29.5. The van der Waals surface area contributed by atoms with E-state index in [0.29, 0.717) is 16.9 Å². The summed E-state index contributed by atoms with van der Waals surface area (Å²) in [6.07, 6.45) is -0.924. The smallest absolute Gasteiger partial charge is 0.310 e. The summed E-state index contributed by atoms with van der Waals surface area (Å²) in [7, 11) is 0. The molecular formula is C32H32N4O7. The average Bonchev–Trinajstić information content (AvgIpc) is 3.33. The number of fused-ring (bicyclic) bond motifs is 1. The van der Waals surface area contributed by atoms with Gasteiger partial charge in [0, 0.05) is 12.0 Å². The van der Waals surface area contributed by atoms with Crippen LogP contribution in [0.2, 0.25) is 0 Å². The maximum absolute atomic E-state index is 14.0. The molecule has 5 rings (SSSR count). The minimum Gasteiger partial charge on any atom is -0.433 e. The molecule has 11 heteroatoms. The van der Waals surface area contributed by atoms with Gasteiger partial charge in [-0.05, 0) is 29.8 Å². The first-order chi connectivity index (χ1) is 20.8. The van der Waals surface area contributed by atoms with E-state index in [1.54, 1.807) is 61.5 Å². The number of nitrogens with one attached hydrogen (secondary N) is 2. The van der Waals surface area contributed by atoms with Crippen molar-refractivity contribution in [2.45, 2.75) is 44.7 Å². The predicted octanol–water partition coefficient (Wildman–Crippen LogP) is 2.55. The van der Waals surface area contributed by atoms with Gasteiger partial charge in [-0.15, -0.1) is 0 Å². The van der Waals surface area contributed by atoms with Crippen LogP contribution in [0.5, 0.6) is 0 Å². The number of ether oxygens (including phenoxy) is 2. The van der Waals surface area contributed by atoms with Crippen LogP contribution in [0.15, 0.2) is 84.9 Å². The van der Waals surface area contributed by atoms with E-state index in [1.165, 1.54) is 9.80 Å². The third-order valence-corrected chi connectivity index (χ3v) is 7.21. The molecule has 0 spiro atoms. The summed E-state index contributed by atoms with van der Waals surface area (Å²) in [5.74, 6) is -2.38. The summed E-state index contributed by atoms with van der Waals surface area (Å²) in [6, 6.07) is 22.6. The molecule has 11 nitrogen and oxygen atoms in total. The van der Waals surface area contributed by atoms with Crippen molar-refractivity contribution in [3.8, 4) is 0 Å². The standard InChI is InChI=1S/C32H32N4O7/c1-2-28(38)35-18-24(34-30(40)22-13-7-4-8-14-22)31(41)36(26-16-10-9-15-25(26)35)19-27(37)33-23-17-29(39)43-32(23)42-20-21-11-5-3-6-12-21/h3-16,23-24,32H,2,17-20H2,1H3,(H,33,37)(H,34,40)/t23-,24-,32?/m0/s1. The normalized spacial score (nSPS) is 19.7. The number of benzene rings is 3. The van der Waals surface area contributed by atoms with E-state index in [-0.39, 0.29) is 31.9 Å². The van der Waals surface area contributed by atoms with Crippen molar-refractivity contribution in [2.24, 2.45) is 0 Å². The second-order valence-electron chi connectivity index (χ2n) is 10.2. The van der Waals surface area contributed by atoms with Crippen LogP contribution in [0, 0.1) is 0 Å². The summed E-state index contributed by atoms with van der Waals surface area (Å²) in [4.78, 5) is 68.2. The lowest BCUT2D eigenvalue weighted by atomic mass is 10.1. The minimum atomic E-state index is -1.14. The van der Waals surface area contributed by atoms with Gasteiger partial charge in [-0.2, -0.15) is 0 Å². The number of carbonyl (C=O) groups is 5. The van der Waals surface area contributed by atoms with E-state index in [0.717, 1.165) is 5.56 Å². The molecule has 3 aromatic rings. The van der Waals surface area contributed by atoms with Crippen LogP contribution in [-0.2, 0) is 35.3 Å². The molecule has 3 aromatic carbocycles. The monoisotopic (exact) mass is 584 g/mol. The molecule has 0 aliphatic carbocycles. The van der Waals surface area contributed by atoms with E-state index in [4.69, 9.17) is 9.47 Å². The Hall–Kier alpha value is -5.03. The molecule has 1 saturated heterocycles. The first-order valence-corrected chi connectivity index (χ1v) is 14.0. The van der Waals surface area contributed by atoms with Gasteiger partial charge >= 0.3 is 5.97 Å². The maximum Gasteiger partial charge on any atom is 0.310 e. The van der Waals surface area contributed by atoms with E-state index in [9.17, 15) is 24.0 Å². The fourth-order valence-corrected chi connectivity index (χ4v) is 5.07. The average molecular weight is 585 g/mol. The number of esters is 1. The van der Waals surface area contributed by atoms with Crippen molar-refractivity contribution in [2.75, 3.05) is 22.9 Å². The topological polar surface area (TPSA) is 134 Å². The Bertz CT molecular complexity index is 1500. The zero-order valence-corrected chi connectivity index (χ0v) is 23.6. The van der Waals surface area contributed by atoms with Crippen molar-refractivity contribution < 1.29 is 33.4 Å². The van der Waals surface area contributed by atoms with Crippen LogP contribution < -0.4 is 20.4 Å². The number of para-hydroxylation sites is 2. The number of carbonyl (C=O) groups excluding carboxylic acids is 5. The van der Waals surface area contributed by atoms with Crippen LogP contribution in [0.1, 0.15) is 35.7 Å². The van der Waals surface area contributed by atoms with Gasteiger partial charge in [0.05, 0.1) is 30.9 Å². The van der Waals surface area contributed by atoms with Crippen LogP contribution in [-0.4, -0.2) is 61.1 Å². The van der Waals surface area contributed by atoms with E-state index in [1.807, 2.05) is 30.3 Å². The molecule has 2 aliphatic heterocycles. The predicted molar refractivity (Wildman–Crippen MR) is 157 cm³/mol. The van der Waals surface area contributed by atoms with Crippen LogP contribution in [0.3, 0.4) is 0 Å². The highest BCUT2D eigenvalue weighted by molar-refractivity contribution is 6.10. The molecule has 3 atom stereocenters. The van der Waals surface area contributed by atoms with E-state index in [2.05, 4.69) is 10.6 Å². The zero-order valence-electron chi connectivity index (χ0n) is 23.6. The number of hydrogen-bond acceptors (Lipinski definition) is 7. The van der Waals surface area contributed by atoms with Gasteiger partial charge in [-0.1, -0.05) is 67.6 Å². The highest BCUT2D eigenvalue weighted by Gasteiger charge is 2.40. The molecule has 0 saturated carbocycles. The van der Waals surface area contributed by atoms with Gasteiger partial charge in [0.25, 0.3) is 11.8 Å². The number of anilines is 2. The van der Waals surface area contributed by atoms with Crippen LogP contribution >= 0.6 is 0 Å². The lowest BCUT2D eigenvalue weighted by Crippen LogP contribution is -2.55. The Morgan fingerprint density at radius 2 is 1.53 bits per heavy atom. The number of nitrogens with zero attached hydrogens (tertiary/aromatic N) is 2. The van der Waals surface area contributed by atoms with Gasteiger partial charge in [0.15, 0.2) is 0 Å². The molecule has 2 aliphatic rings. The van der Waals surface area contributed by atoms with Crippen molar-refractivity contribution in [1.82, 2.24) is 10.6 Å². The van der Waals surface area contributed by atoms with Gasteiger partial charge in [0.1, 0.15) is 18.6 Å². The Balaban J connectivity index is 1.36. The quantitative estimate of drug-likeness (QED) is 0.369. The maximum atomic E-state index is 14.0. The van der Waals surface area contributed by atoms with Gasteiger partial charge < -0.3 is 25.0 Å². The molecule has 0 radical (unpaired) electrons. The second kappa shape index (κ2) is 13.3. The zero-order chi connectivity index (χ0) is 30.3. The van der Waals surface area contributed by atoms with Gasteiger partial charge in [-0.3, -0.25) is 28.9 Å². The Morgan fingerprint density at radius 1 is 0.884 bits per heavy atom. The molecule has 0 aromatic heterocycles. The summed E-state index contributed by atoms with van der Waals surface area (Å²) < 4.78 is 11.1. The summed E-state index contributed by atoms with van der Waals surface area (Å²) in [5, 5.41) is 5.52. The van der Waals surface area contributed by atoms with E-state index < -0.39 is 48.6 Å². The lowest BCUT2D eigenvalue weighted by Gasteiger charge is -2.26. The number of cyclic esters (lactones) is 1. The molecule has 2 heterocycles. The Morgan fingerprint density at radius 3 is 2.23 bits per heavy atom. The molecule has 4 amide bonds. The minimum absolute atomic E-state index is 0.0930. The van der Waals surface area contributed by atoms with Gasteiger partial charge in [-0.25, -0.2) is 0 Å². The molecule has 222 valence electrons. The van der Waals surface area contributed by atoms with Crippen molar-refractivity contribution in [3.63, 3.8) is 0 Å². The van der Waals surface area contributed by atoms with E-state index >= 15 is 0 Å². The summed E-state index contributed by atoms with van der Waals surface area (Å²) in [5.41, 5.74) is 2.01. The number of hydrogen-bond donors (Lipinski definition) is 2. The summed E-state index contributed by atoms with van der Waals surface area (Å²) >= 11 is 0. The molecule has 43 heavy (non-hydrogen) atoms. The Kier molecular flexibility index (Phi) is 9.11. The third-order valence-electron chi connectivity index (χ3n) is 7.21. The first-order valence-electron chi connectivity index (χ1n) is 14.0. The number of rotatable bonds is 9. The SMILES string of the molecule is CCC(=O)N1C[C@H](NC(=O)c2ccccc2)C(=O)N(CC(=O)N[C@H]2CC(=O)OC2OCc2ccccc2)c2ccccc21. The fraction of sp³-hybridized carbons (Fsp3) is 0.281. The van der Waals surface area contributed by atoms with Crippen molar-refractivity contribution >= 4 is 41.0 Å². The highest BCUT2D eigenvalue weighted by atomic mass is 16.7. The molecular weight excluding hydrogens is 552 g/mol. The molecule has 1 fully saturated rings. The Labute approximate surface area is 248 Å². The molecule has 0 bridgehead atoms. The second-order valence-corrected chi connectivity index (χ2v) is 10.2. The van der Waals surface area contributed by atoms with Crippen molar-refractivity contribution in [1.29, 1.82) is 0 Å². The molecule has 1 unspecified atom stereocenters. The number of amides is 4. The third kappa shape index (κ3) is 6.90. The van der Waals surface area contributed by atoms with Gasteiger partial charge in [0.2, 0.25) is 18.1 Å². The van der Waals surface area contributed by atoms with Crippen molar-refractivity contribution in [3.05, 3.63) is 96.1 Å². The summed E-state index contributed by atoms with van der Waals surface area (Å²) in [6.45, 7) is 1.34. The van der Waals surface area contributed by atoms with Crippen LogP contribution in [0.25, 0.3) is 0 Å².